The van der Waals surface area contributed by atoms with Gasteiger partial charge in [-0.2, -0.15) is 0 Å². The molecule has 0 spiro atoms. The van der Waals surface area contributed by atoms with Gasteiger partial charge in [-0.15, -0.1) is 11.6 Å². The molecule has 0 amide bonds. The van der Waals surface area contributed by atoms with E-state index in [0.717, 1.165) is 12.0 Å². The van der Waals surface area contributed by atoms with Crippen molar-refractivity contribution in [2.75, 3.05) is 0 Å². The summed E-state index contributed by atoms with van der Waals surface area (Å²) in [7, 11) is 0. The van der Waals surface area contributed by atoms with E-state index in [1.165, 1.54) is 5.56 Å². The van der Waals surface area contributed by atoms with Gasteiger partial charge in [-0.25, -0.2) is 0 Å². The molecule has 2 aromatic carbocycles. The molecule has 2 aromatic rings. The molecule has 0 heterocycles. The lowest BCUT2D eigenvalue weighted by Gasteiger charge is -2.29. The average molecular weight is 342 g/mol. The molecule has 0 aliphatic carbocycles. The van der Waals surface area contributed by atoms with Crippen LogP contribution in [-0.2, 0) is 0 Å². The fourth-order valence-electron chi connectivity index (χ4n) is 2.63. The Kier molecular flexibility index (Phi) is 5.98. The van der Waals surface area contributed by atoms with E-state index < -0.39 is 0 Å². The van der Waals surface area contributed by atoms with Crippen molar-refractivity contribution >= 4 is 34.8 Å². The molecule has 3 unspecified atom stereocenters. The van der Waals surface area contributed by atoms with Crippen molar-refractivity contribution in [2.45, 2.75) is 31.6 Å². The standard InChI is InChI=1S/C18H19Cl3/c1-3-12(2)17(13-7-5-4-6-8-13)18(21)15-10-9-14(19)11-16(15)20/h4-12,17-18H,3H2,1-2H3. The predicted molar refractivity (Wildman–Crippen MR) is 93.7 cm³/mol. The molecule has 3 heteroatoms. The van der Waals surface area contributed by atoms with Crippen LogP contribution < -0.4 is 0 Å². The maximum atomic E-state index is 6.81. The molecule has 0 aliphatic heterocycles. The van der Waals surface area contributed by atoms with Gasteiger partial charge >= 0.3 is 0 Å². The van der Waals surface area contributed by atoms with Gasteiger partial charge in [-0.3, -0.25) is 0 Å². The van der Waals surface area contributed by atoms with E-state index in [9.17, 15) is 0 Å². The highest BCUT2D eigenvalue weighted by molar-refractivity contribution is 6.36. The molecule has 2 rings (SSSR count). The Morgan fingerprint density at radius 3 is 2.24 bits per heavy atom. The van der Waals surface area contributed by atoms with Crippen LogP contribution in [0.1, 0.15) is 42.7 Å². The van der Waals surface area contributed by atoms with Crippen molar-refractivity contribution < 1.29 is 0 Å². The van der Waals surface area contributed by atoms with E-state index in [2.05, 4.69) is 38.1 Å². The molecule has 0 nitrogen and oxygen atoms in total. The third-order valence-electron chi connectivity index (χ3n) is 4.02. The highest BCUT2D eigenvalue weighted by atomic mass is 35.5. The van der Waals surface area contributed by atoms with Gasteiger partial charge in [0.1, 0.15) is 0 Å². The minimum atomic E-state index is -0.174. The molecule has 0 aliphatic rings. The summed E-state index contributed by atoms with van der Waals surface area (Å²) in [5.74, 6) is 0.679. The first-order chi connectivity index (χ1) is 10.0. The summed E-state index contributed by atoms with van der Waals surface area (Å²) in [5, 5.41) is 1.09. The minimum Gasteiger partial charge on any atom is -0.117 e. The molecule has 0 fully saturated rings. The highest BCUT2D eigenvalue weighted by Crippen LogP contribution is 2.44. The van der Waals surface area contributed by atoms with Crippen LogP contribution in [0.5, 0.6) is 0 Å². The lowest BCUT2D eigenvalue weighted by molar-refractivity contribution is 0.434. The smallest absolute Gasteiger partial charge is 0.0670 e. The summed E-state index contributed by atoms with van der Waals surface area (Å²) < 4.78 is 0. The van der Waals surface area contributed by atoms with E-state index in [-0.39, 0.29) is 11.3 Å². The lowest BCUT2D eigenvalue weighted by Crippen LogP contribution is -2.15. The molecule has 0 radical (unpaired) electrons. The summed E-state index contributed by atoms with van der Waals surface area (Å²) in [6.07, 6.45) is 1.06. The number of alkyl halides is 1. The fraction of sp³-hybridized carbons (Fsp3) is 0.333. The SMILES string of the molecule is CCC(C)C(c1ccccc1)C(Cl)c1ccc(Cl)cc1Cl. The molecule has 0 bridgehead atoms. The van der Waals surface area contributed by atoms with Crippen molar-refractivity contribution in [2.24, 2.45) is 5.92 Å². The maximum absolute atomic E-state index is 6.81. The van der Waals surface area contributed by atoms with E-state index in [4.69, 9.17) is 34.8 Å². The van der Waals surface area contributed by atoms with E-state index in [1.54, 1.807) is 6.07 Å². The largest absolute Gasteiger partial charge is 0.117 e. The minimum absolute atomic E-state index is 0.174. The van der Waals surface area contributed by atoms with Crippen LogP contribution in [0, 0.1) is 5.92 Å². The van der Waals surface area contributed by atoms with E-state index in [0.29, 0.717) is 16.0 Å². The van der Waals surface area contributed by atoms with Gasteiger partial charge in [0, 0.05) is 16.0 Å². The van der Waals surface area contributed by atoms with Crippen LogP contribution >= 0.6 is 34.8 Å². The quantitative estimate of drug-likeness (QED) is 0.508. The van der Waals surface area contributed by atoms with Crippen molar-refractivity contribution in [1.29, 1.82) is 0 Å². The molecule has 0 saturated carbocycles. The Balaban J connectivity index is 2.41. The Hall–Kier alpha value is -0.690. The number of hydrogen-bond acceptors (Lipinski definition) is 0. The van der Waals surface area contributed by atoms with Gasteiger partial charge in [-0.05, 0) is 29.2 Å². The topological polar surface area (TPSA) is 0 Å². The Bertz CT molecular complexity index is 580. The summed E-state index contributed by atoms with van der Waals surface area (Å²) in [5.41, 5.74) is 2.19. The average Bonchev–Trinajstić information content (AvgIpc) is 2.48. The molecule has 112 valence electrons. The second-order valence-electron chi connectivity index (χ2n) is 5.39. The van der Waals surface area contributed by atoms with E-state index in [1.807, 2.05) is 18.2 Å². The summed E-state index contributed by atoms with van der Waals surface area (Å²) >= 11 is 19.1. The van der Waals surface area contributed by atoms with Gasteiger partial charge in [-0.1, -0.05) is 79.9 Å². The van der Waals surface area contributed by atoms with Crippen molar-refractivity contribution in [1.82, 2.24) is 0 Å². The Labute approximate surface area is 142 Å². The zero-order valence-corrected chi connectivity index (χ0v) is 14.5. The zero-order chi connectivity index (χ0) is 15.4. The maximum Gasteiger partial charge on any atom is 0.0670 e. The van der Waals surface area contributed by atoms with Crippen molar-refractivity contribution in [3.8, 4) is 0 Å². The third kappa shape index (κ3) is 3.94. The normalized spacial score (nSPS) is 15.5. The monoisotopic (exact) mass is 340 g/mol. The van der Waals surface area contributed by atoms with Crippen molar-refractivity contribution in [3.05, 3.63) is 69.7 Å². The van der Waals surface area contributed by atoms with Gasteiger partial charge < -0.3 is 0 Å². The molecule has 0 saturated heterocycles. The second-order valence-corrected chi connectivity index (χ2v) is 6.70. The molecule has 3 atom stereocenters. The first kappa shape index (κ1) is 16.7. The van der Waals surface area contributed by atoms with Gasteiger partial charge in [0.15, 0.2) is 0 Å². The Morgan fingerprint density at radius 2 is 1.67 bits per heavy atom. The molecular formula is C18H19Cl3. The molecule has 21 heavy (non-hydrogen) atoms. The summed E-state index contributed by atoms with van der Waals surface area (Å²) in [4.78, 5) is 0. The number of benzene rings is 2. The number of halogens is 3. The summed E-state index contributed by atoms with van der Waals surface area (Å²) in [6, 6.07) is 15.9. The Morgan fingerprint density at radius 1 is 1.00 bits per heavy atom. The van der Waals surface area contributed by atoms with Gasteiger partial charge in [0.05, 0.1) is 5.38 Å². The van der Waals surface area contributed by atoms with Crippen molar-refractivity contribution in [3.63, 3.8) is 0 Å². The predicted octanol–water partition coefficient (Wildman–Crippen LogP) is 7.10. The molecule has 0 N–H and O–H groups in total. The van der Waals surface area contributed by atoms with Crippen LogP contribution in [0.15, 0.2) is 48.5 Å². The zero-order valence-electron chi connectivity index (χ0n) is 12.2. The number of rotatable bonds is 5. The molecule has 0 aromatic heterocycles. The van der Waals surface area contributed by atoms with Crippen LogP contribution in [0.2, 0.25) is 10.0 Å². The van der Waals surface area contributed by atoms with E-state index >= 15 is 0 Å². The van der Waals surface area contributed by atoms with Crippen LogP contribution in [0.4, 0.5) is 0 Å². The number of hydrogen-bond donors (Lipinski definition) is 0. The van der Waals surface area contributed by atoms with Crippen LogP contribution in [-0.4, -0.2) is 0 Å². The lowest BCUT2D eigenvalue weighted by atomic mass is 9.81. The van der Waals surface area contributed by atoms with Crippen LogP contribution in [0.3, 0.4) is 0 Å². The highest BCUT2D eigenvalue weighted by Gasteiger charge is 2.28. The second kappa shape index (κ2) is 7.54. The fourth-order valence-corrected chi connectivity index (χ4v) is 3.80. The first-order valence-electron chi connectivity index (χ1n) is 7.18. The van der Waals surface area contributed by atoms with Gasteiger partial charge in [0.2, 0.25) is 0 Å². The first-order valence-corrected chi connectivity index (χ1v) is 8.37. The van der Waals surface area contributed by atoms with Crippen LogP contribution in [0.25, 0.3) is 0 Å². The summed E-state index contributed by atoms with van der Waals surface area (Å²) in [6.45, 7) is 4.42. The molecular weight excluding hydrogens is 323 g/mol. The van der Waals surface area contributed by atoms with Gasteiger partial charge in [0.25, 0.3) is 0 Å². The third-order valence-corrected chi connectivity index (χ3v) is 5.09.